The van der Waals surface area contributed by atoms with Gasteiger partial charge in [0.05, 0.1) is 6.04 Å². The minimum absolute atomic E-state index is 0.227. The van der Waals surface area contributed by atoms with Crippen LogP contribution in [0.15, 0.2) is 48.5 Å². The van der Waals surface area contributed by atoms with E-state index in [1.807, 2.05) is 11.0 Å². The summed E-state index contributed by atoms with van der Waals surface area (Å²) in [7, 11) is 0. The van der Waals surface area contributed by atoms with Crippen molar-refractivity contribution >= 4 is 11.6 Å². The fourth-order valence-electron chi connectivity index (χ4n) is 6.71. The van der Waals surface area contributed by atoms with E-state index in [9.17, 15) is 4.79 Å². The number of carbonyl (C=O) groups is 1. The molecule has 3 fully saturated rings. The van der Waals surface area contributed by atoms with E-state index in [-0.39, 0.29) is 5.91 Å². The molecule has 28 heavy (non-hydrogen) atoms. The maximum absolute atomic E-state index is 13.0. The molecule has 2 aliphatic heterocycles. The number of nitrogens with one attached hydrogen (secondary N) is 1. The lowest BCUT2D eigenvalue weighted by molar-refractivity contribution is 0.0792. The summed E-state index contributed by atoms with van der Waals surface area (Å²) in [6.07, 6.45) is 6.39. The monoisotopic (exact) mass is 372 g/mol. The fourth-order valence-corrected chi connectivity index (χ4v) is 6.71. The highest BCUT2D eigenvalue weighted by atomic mass is 16.2. The van der Waals surface area contributed by atoms with Crippen LogP contribution in [-0.4, -0.2) is 23.9 Å². The van der Waals surface area contributed by atoms with Gasteiger partial charge in [-0.1, -0.05) is 30.3 Å². The van der Waals surface area contributed by atoms with Gasteiger partial charge in [-0.05, 0) is 85.1 Å². The third kappa shape index (κ3) is 2.45. The summed E-state index contributed by atoms with van der Waals surface area (Å²) in [5.41, 5.74) is 4.96. The van der Waals surface area contributed by atoms with Crippen molar-refractivity contribution in [3.05, 3.63) is 65.2 Å². The Balaban J connectivity index is 1.41. The number of benzene rings is 2. The van der Waals surface area contributed by atoms with Gasteiger partial charge >= 0.3 is 0 Å². The van der Waals surface area contributed by atoms with Gasteiger partial charge in [0, 0.05) is 24.3 Å². The lowest BCUT2D eigenvalue weighted by Crippen LogP contribution is -2.36. The lowest BCUT2D eigenvalue weighted by Gasteiger charge is -2.43. The van der Waals surface area contributed by atoms with Crippen molar-refractivity contribution in [2.75, 3.05) is 18.4 Å². The average Bonchev–Trinajstić information content (AvgIpc) is 3.51. The number of nitrogens with zero attached hydrogens (tertiary/aromatic N) is 1. The Morgan fingerprint density at radius 2 is 1.75 bits per heavy atom. The summed E-state index contributed by atoms with van der Waals surface area (Å²) < 4.78 is 0. The van der Waals surface area contributed by atoms with Crippen LogP contribution in [0.3, 0.4) is 0 Å². The van der Waals surface area contributed by atoms with Crippen LogP contribution in [0.25, 0.3) is 0 Å². The van der Waals surface area contributed by atoms with E-state index in [1.54, 1.807) is 0 Å². The average molecular weight is 373 g/mol. The number of hydrogen-bond donors (Lipinski definition) is 1. The Kier molecular flexibility index (Phi) is 3.78. The highest BCUT2D eigenvalue weighted by Gasteiger charge is 2.53. The molecular weight excluding hydrogens is 344 g/mol. The fraction of sp³-hybridized carbons (Fsp3) is 0.480. The van der Waals surface area contributed by atoms with Crippen molar-refractivity contribution in [1.29, 1.82) is 0 Å². The van der Waals surface area contributed by atoms with Crippen LogP contribution in [0.1, 0.15) is 65.5 Å². The van der Waals surface area contributed by atoms with Gasteiger partial charge in [0.15, 0.2) is 0 Å². The van der Waals surface area contributed by atoms with E-state index in [4.69, 9.17) is 0 Å². The van der Waals surface area contributed by atoms with Crippen LogP contribution >= 0.6 is 0 Å². The van der Waals surface area contributed by atoms with Crippen molar-refractivity contribution < 1.29 is 4.79 Å². The number of amides is 1. The molecule has 0 unspecified atom stereocenters. The molecular formula is C25H28N2O. The topological polar surface area (TPSA) is 32.3 Å². The van der Waals surface area contributed by atoms with Crippen LogP contribution in [0.5, 0.6) is 0 Å². The van der Waals surface area contributed by atoms with Crippen LogP contribution in [0.2, 0.25) is 0 Å². The minimum Gasteiger partial charge on any atom is -0.378 e. The van der Waals surface area contributed by atoms with E-state index in [2.05, 4.69) is 47.8 Å². The minimum atomic E-state index is 0.227. The molecule has 2 aromatic carbocycles. The smallest absolute Gasteiger partial charge is 0.253 e. The normalized spacial score (nSPS) is 32.7. The molecule has 0 spiro atoms. The van der Waals surface area contributed by atoms with Crippen molar-refractivity contribution in [2.24, 2.45) is 17.8 Å². The number of rotatable bonds is 2. The largest absolute Gasteiger partial charge is 0.378 e. The Morgan fingerprint density at radius 3 is 2.57 bits per heavy atom. The number of hydrogen-bond acceptors (Lipinski definition) is 2. The highest BCUT2D eigenvalue weighted by Crippen LogP contribution is 2.63. The predicted molar refractivity (Wildman–Crippen MR) is 111 cm³/mol. The second-order valence-corrected chi connectivity index (χ2v) is 9.27. The van der Waals surface area contributed by atoms with E-state index < -0.39 is 0 Å². The molecule has 6 rings (SSSR count). The first kappa shape index (κ1) is 16.6. The van der Waals surface area contributed by atoms with Gasteiger partial charge in [-0.15, -0.1) is 0 Å². The maximum Gasteiger partial charge on any atom is 0.253 e. The van der Waals surface area contributed by atoms with Gasteiger partial charge in [0.25, 0.3) is 5.91 Å². The second kappa shape index (κ2) is 6.37. The van der Waals surface area contributed by atoms with E-state index in [1.165, 1.54) is 36.1 Å². The van der Waals surface area contributed by atoms with Crippen LogP contribution < -0.4 is 5.32 Å². The molecule has 5 atom stereocenters. The van der Waals surface area contributed by atoms with Crippen molar-refractivity contribution in [2.45, 2.75) is 44.1 Å². The van der Waals surface area contributed by atoms with E-state index in [0.717, 1.165) is 43.3 Å². The number of likely N-dealkylation sites (tertiary alicyclic amines) is 1. The molecule has 1 N–H and O–H groups in total. The summed E-state index contributed by atoms with van der Waals surface area (Å²) in [5, 5.41) is 3.88. The molecule has 1 amide bonds. The van der Waals surface area contributed by atoms with Gasteiger partial charge in [-0.25, -0.2) is 0 Å². The zero-order chi connectivity index (χ0) is 18.7. The molecule has 2 aromatic rings. The van der Waals surface area contributed by atoms with Gasteiger partial charge in [-0.2, -0.15) is 0 Å². The predicted octanol–water partition coefficient (Wildman–Crippen LogP) is 5.22. The molecule has 2 aliphatic carbocycles. The van der Waals surface area contributed by atoms with Crippen LogP contribution in [-0.2, 0) is 0 Å². The number of fused-ring (bicyclic) bond motifs is 7. The molecule has 2 saturated carbocycles. The zero-order valence-corrected chi connectivity index (χ0v) is 16.3. The summed E-state index contributed by atoms with van der Waals surface area (Å²) >= 11 is 0. The van der Waals surface area contributed by atoms with E-state index >= 15 is 0 Å². The Bertz CT molecular complexity index is 902. The molecule has 4 aliphatic rings. The highest BCUT2D eigenvalue weighted by molar-refractivity contribution is 5.95. The molecule has 2 heterocycles. The van der Waals surface area contributed by atoms with E-state index in [0.29, 0.717) is 17.9 Å². The molecule has 1 saturated heterocycles. The first-order valence-electron chi connectivity index (χ1n) is 11.0. The summed E-state index contributed by atoms with van der Waals surface area (Å²) in [6.45, 7) is 1.84. The van der Waals surface area contributed by atoms with Gasteiger partial charge in [0.1, 0.15) is 0 Å². The van der Waals surface area contributed by atoms with Crippen molar-refractivity contribution in [1.82, 2.24) is 4.90 Å². The lowest BCUT2D eigenvalue weighted by atomic mass is 9.68. The molecule has 0 aromatic heterocycles. The third-order valence-corrected chi connectivity index (χ3v) is 7.89. The number of carbonyl (C=O) groups excluding carboxylic acids is 1. The Morgan fingerprint density at radius 1 is 0.964 bits per heavy atom. The van der Waals surface area contributed by atoms with Gasteiger partial charge in [-0.3, -0.25) is 4.79 Å². The SMILES string of the molecule is O=C(c1ccc2c(c1)[C@H]1[C@H]3CC[C@@H](C3)[C@H]1[C@@H](c1ccccc1)N2)N1CCCC1. The van der Waals surface area contributed by atoms with Crippen molar-refractivity contribution in [3.63, 3.8) is 0 Å². The Hall–Kier alpha value is -2.29. The van der Waals surface area contributed by atoms with Gasteiger partial charge in [0.2, 0.25) is 0 Å². The molecule has 3 nitrogen and oxygen atoms in total. The second-order valence-electron chi connectivity index (χ2n) is 9.27. The molecule has 144 valence electrons. The zero-order valence-electron chi connectivity index (χ0n) is 16.3. The molecule has 3 heteroatoms. The first-order chi connectivity index (χ1) is 13.8. The summed E-state index contributed by atoms with van der Waals surface area (Å²) in [5.74, 6) is 3.10. The molecule has 0 radical (unpaired) electrons. The maximum atomic E-state index is 13.0. The van der Waals surface area contributed by atoms with Crippen LogP contribution in [0.4, 0.5) is 5.69 Å². The quantitative estimate of drug-likeness (QED) is 0.784. The Labute approximate surface area is 167 Å². The first-order valence-corrected chi connectivity index (χ1v) is 11.0. The summed E-state index contributed by atoms with van der Waals surface area (Å²) in [4.78, 5) is 15.0. The van der Waals surface area contributed by atoms with Gasteiger partial charge < -0.3 is 10.2 Å². The standard InChI is InChI=1S/C25H28N2O/c28-25(27-12-4-5-13-27)19-10-11-21-20(15-19)22-17-8-9-18(14-17)23(22)24(26-21)16-6-2-1-3-7-16/h1-3,6-7,10-11,15,17-18,22-24,26H,4-5,8-9,12-14H2/t17-,18-,22+,23+,24+/m0/s1. The van der Waals surface area contributed by atoms with Crippen molar-refractivity contribution in [3.8, 4) is 0 Å². The van der Waals surface area contributed by atoms with Crippen LogP contribution in [0, 0.1) is 17.8 Å². The third-order valence-electron chi connectivity index (χ3n) is 7.89. The summed E-state index contributed by atoms with van der Waals surface area (Å²) in [6, 6.07) is 17.8. The number of anilines is 1. The molecule has 2 bridgehead atoms.